The molecule has 0 spiro atoms. The Bertz CT molecular complexity index is 686. The van der Waals surface area contributed by atoms with Crippen LogP contribution in [-0.2, 0) is 14.4 Å². The lowest BCUT2D eigenvalue weighted by Gasteiger charge is -2.26. The Balaban J connectivity index is 3.43. The number of hydrogen-bond acceptors (Lipinski definition) is 8. The Labute approximate surface area is 145 Å². The number of nitrogens with one attached hydrogen (secondary N) is 1. The zero-order chi connectivity index (χ0) is 19.9. The van der Waals surface area contributed by atoms with E-state index in [1.54, 1.807) is 0 Å². The highest BCUT2D eigenvalue weighted by Crippen LogP contribution is 2.26. The van der Waals surface area contributed by atoms with E-state index < -0.39 is 45.6 Å². The number of carbonyl (C=O) groups excluding carboxylic acids is 2. The maximum Gasteiger partial charge on any atom is 0.649 e. The van der Waals surface area contributed by atoms with Crippen molar-refractivity contribution in [1.29, 1.82) is 0 Å². The molecule has 0 aliphatic carbocycles. The standard InChI is InChI=1S/C13H15N5O8/c14-7-6-10(19)15-8-11(20)16(9-4-2-1-3-5-9)13(12(21)22,17(23)24)18(25)26/h1-5H,6-8,14H2,(H,15,19)(H,21,22). The third kappa shape index (κ3) is 3.89. The van der Waals surface area contributed by atoms with E-state index >= 15 is 0 Å². The van der Waals surface area contributed by atoms with Gasteiger partial charge in [-0.15, -0.1) is 0 Å². The zero-order valence-electron chi connectivity index (χ0n) is 13.2. The highest BCUT2D eigenvalue weighted by molar-refractivity contribution is 6.01. The minimum atomic E-state index is -4.00. The summed E-state index contributed by atoms with van der Waals surface area (Å²) in [5.74, 6) is -8.52. The fourth-order valence-electron chi connectivity index (χ4n) is 2.03. The van der Waals surface area contributed by atoms with Gasteiger partial charge in [0.05, 0.1) is 12.2 Å². The van der Waals surface area contributed by atoms with Crippen molar-refractivity contribution in [3.63, 3.8) is 0 Å². The maximum atomic E-state index is 12.4. The van der Waals surface area contributed by atoms with Gasteiger partial charge in [0, 0.05) is 13.0 Å². The van der Waals surface area contributed by atoms with Crippen LogP contribution in [0, 0.1) is 20.2 Å². The minimum absolute atomic E-state index is 0.0364. The molecule has 1 aromatic rings. The number of carboxylic acids is 1. The van der Waals surface area contributed by atoms with Crippen LogP contribution < -0.4 is 16.0 Å². The Morgan fingerprint density at radius 3 is 2.12 bits per heavy atom. The summed E-state index contributed by atoms with van der Waals surface area (Å²) in [6.45, 7) is -0.935. The van der Waals surface area contributed by atoms with E-state index in [9.17, 15) is 39.7 Å². The summed E-state index contributed by atoms with van der Waals surface area (Å²) in [4.78, 5) is 54.5. The van der Waals surface area contributed by atoms with Crippen molar-refractivity contribution in [2.75, 3.05) is 18.0 Å². The van der Waals surface area contributed by atoms with Crippen molar-refractivity contribution in [2.24, 2.45) is 5.73 Å². The van der Waals surface area contributed by atoms with E-state index in [0.717, 1.165) is 12.1 Å². The fourth-order valence-corrected chi connectivity index (χ4v) is 2.03. The molecule has 1 rings (SSSR count). The number of nitrogens with zero attached hydrogens (tertiary/aromatic N) is 3. The molecule has 1 aromatic carbocycles. The molecule has 0 aromatic heterocycles. The van der Waals surface area contributed by atoms with Crippen molar-refractivity contribution < 1.29 is 29.3 Å². The number of benzene rings is 1. The topological polar surface area (TPSA) is 199 Å². The van der Waals surface area contributed by atoms with Gasteiger partial charge in [-0.25, -0.2) is 4.79 Å². The molecule has 140 valence electrons. The molecular formula is C13H15N5O8. The Hall–Kier alpha value is -3.61. The van der Waals surface area contributed by atoms with Crippen molar-refractivity contribution in [2.45, 2.75) is 12.2 Å². The van der Waals surface area contributed by atoms with Crippen LogP contribution in [0.5, 0.6) is 0 Å². The van der Waals surface area contributed by atoms with E-state index in [1.807, 2.05) is 0 Å². The SMILES string of the molecule is NCCC(=O)NCC(=O)N(c1ccccc1)C(C(=O)O)([N+](=O)[O-])[N+](=O)[O-]. The van der Waals surface area contributed by atoms with Crippen LogP contribution in [0.3, 0.4) is 0 Å². The summed E-state index contributed by atoms with van der Waals surface area (Å²) in [6.07, 6.45) is -0.160. The molecular weight excluding hydrogens is 354 g/mol. The molecule has 26 heavy (non-hydrogen) atoms. The van der Waals surface area contributed by atoms with Gasteiger partial charge < -0.3 is 16.2 Å². The number of nitro groups is 2. The van der Waals surface area contributed by atoms with Gasteiger partial charge >= 0.3 is 11.8 Å². The molecule has 0 bridgehead atoms. The largest absolute Gasteiger partial charge is 0.649 e. The van der Waals surface area contributed by atoms with Crippen LogP contribution in [0.1, 0.15) is 6.42 Å². The number of aliphatic carboxylic acids is 1. The highest BCUT2D eigenvalue weighted by atomic mass is 16.7. The van der Waals surface area contributed by atoms with Gasteiger partial charge in [-0.1, -0.05) is 18.2 Å². The van der Waals surface area contributed by atoms with Crippen LogP contribution in [0.25, 0.3) is 0 Å². The molecule has 0 atom stereocenters. The molecule has 0 heterocycles. The molecule has 2 amide bonds. The number of amides is 2. The lowest BCUT2D eigenvalue weighted by molar-refractivity contribution is -0.774. The van der Waals surface area contributed by atoms with Gasteiger partial charge in [0.2, 0.25) is 5.91 Å². The monoisotopic (exact) mass is 369 g/mol. The number of rotatable bonds is 9. The van der Waals surface area contributed by atoms with Crippen molar-refractivity contribution in [1.82, 2.24) is 5.32 Å². The van der Waals surface area contributed by atoms with Crippen molar-refractivity contribution >= 4 is 23.5 Å². The summed E-state index contributed by atoms with van der Waals surface area (Å²) in [5.41, 5.74) is 4.76. The molecule has 0 saturated carbocycles. The van der Waals surface area contributed by atoms with Gasteiger partial charge in [-0.3, -0.25) is 29.8 Å². The first-order chi connectivity index (χ1) is 12.2. The van der Waals surface area contributed by atoms with Crippen LogP contribution in [0.2, 0.25) is 0 Å². The highest BCUT2D eigenvalue weighted by Gasteiger charge is 2.73. The average molecular weight is 369 g/mol. The summed E-state index contributed by atoms with van der Waals surface area (Å²) in [5, 5.41) is 34.0. The average Bonchev–Trinajstić information content (AvgIpc) is 2.57. The lowest BCUT2D eigenvalue weighted by Crippen LogP contribution is -2.68. The third-order valence-electron chi connectivity index (χ3n) is 3.18. The first-order valence-corrected chi connectivity index (χ1v) is 7.06. The van der Waals surface area contributed by atoms with Crippen LogP contribution in [0.15, 0.2) is 30.3 Å². The molecule has 0 radical (unpaired) electrons. The van der Waals surface area contributed by atoms with Crippen LogP contribution in [-0.4, -0.2) is 51.6 Å². The summed E-state index contributed by atoms with van der Waals surface area (Å²) >= 11 is 0. The first-order valence-electron chi connectivity index (χ1n) is 7.06. The second-order valence-corrected chi connectivity index (χ2v) is 4.83. The van der Waals surface area contributed by atoms with E-state index in [2.05, 4.69) is 5.32 Å². The van der Waals surface area contributed by atoms with Gasteiger partial charge in [0.25, 0.3) is 5.91 Å². The molecule has 13 heteroatoms. The predicted octanol–water partition coefficient (Wildman–Crippen LogP) is -1.22. The summed E-state index contributed by atoms with van der Waals surface area (Å²) in [7, 11) is 0. The maximum absolute atomic E-state index is 12.4. The molecule has 0 aliphatic heterocycles. The number of para-hydroxylation sites is 1. The van der Waals surface area contributed by atoms with Gasteiger partial charge in [0.1, 0.15) is 9.85 Å². The first kappa shape index (κ1) is 20.4. The van der Waals surface area contributed by atoms with Gasteiger partial charge in [-0.05, 0) is 12.1 Å². The molecule has 4 N–H and O–H groups in total. The predicted molar refractivity (Wildman–Crippen MR) is 85.0 cm³/mol. The number of carboxylic acid groups (broad SMARTS) is 1. The number of carbonyl (C=O) groups is 3. The van der Waals surface area contributed by atoms with Crippen LogP contribution in [0.4, 0.5) is 5.69 Å². The molecule has 0 fully saturated rings. The van der Waals surface area contributed by atoms with E-state index in [4.69, 9.17) is 5.73 Å². The Morgan fingerprint density at radius 1 is 1.15 bits per heavy atom. The second-order valence-electron chi connectivity index (χ2n) is 4.83. The lowest BCUT2D eigenvalue weighted by atomic mass is 10.2. The molecule has 0 saturated heterocycles. The molecule has 13 nitrogen and oxygen atoms in total. The number of hydrogen-bond donors (Lipinski definition) is 3. The normalized spacial score (nSPS) is 10.7. The van der Waals surface area contributed by atoms with Crippen LogP contribution >= 0.6 is 0 Å². The molecule has 0 aliphatic rings. The minimum Gasteiger partial charge on any atom is -0.469 e. The molecule has 0 unspecified atom stereocenters. The number of nitrogens with two attached hydrogens (primary N) is 1. The van der Waals surface area contributed by atoms with E-state index in [0.29, 0.717) is 0 Å². The smallest absolute Gasteiger partial charge is 0.469 e. The van der Waals surface area contributed by atoms with Gasteiger partial charge in [0.15, 0.2) is 0 Å². The quantitative estimate of drug-likeness (QED) is 0.271. The van der Waals surface area contributed by atoms with Crippen molar-refractivity contribution in [3.8, 4) is 0 Å². The number of anilines is 1. The Morgan fingerprint density at radius 2 is 1.69 bits per heavy atom. The summed E-state index contributed by atoms with van der Waals surface area (Å²) < 4.78 is 0. The van der Waals surface area contributed by atoms with E-state index in [1.165, 1.54) is 18.2 Å². The van der Waals surface area contributed by atoms with Gasteiger partial charge in [-0.2, -0.15) is 4.90 Å². The van der Waals surface area contributed by atoms with E-state index in [-0.39, 0.29) is 17.9 Å². The third-order valence-corrected chi connectivity index (χ3v) is 3.18. The zero-order valence-corrected chi connectivity index (χ0v) is 13.2. The second kappa shape index (κ2) is 8.48. The summed E-state index contributed by atoms with van der Waals surface area (Å²) in [6, 6.07) is 6.23. The Kier molecular flexibility index (Phi) is 6.66. The fraction of sp³-hybridized carbons (Fsp3) is 0.308. The van der Waals surface area contributed by atoms with Crippen molar-refractivity contribution in [3.05, 3.63) is 50.6 Å².